The van der Waals surface area contributed by atoms with Crippen molar-refractivity contribution in [1.29, 1.82) is 0 Å². The van der Waals surface area contributed by atoms with E-state index in [9.17, 15) is 23.4 Å². The smallest absolute Gasteiger partial charge is 0.416 e. The van der Waals surface area contributed by atoms with E-state index in [1.165, 1.54) is 6.07 Å². The van der Waals surface area contributed by atoms with Crippen LogP contribution in [0.4, 0.5) is 19.0 Å². The van der Waals surface area contributed by atoms with Crippen LogP contribution in [0.3, 0.4) is 0 Å². The van der Waals surface area contributed by atoms with E-state index in [0.29, 0.717) is 29.4 Å². The van der Waals surface area contributed by atoms with Crippen molar-refractivity contribution in [3.05, 3.63) is 48.0 Å². The van der Waals surface area contributed by atoms with Gasteiger partial charge in [-0.1, -0.05) is 24.3 Å². The molecule has 8 heteroatoms. The summed E-state index contributed by atoms with van der Waals surface area (Å²) in [5, 5.41) is 33.3. The lowest BCUT2D eigenvalue weighted by atomic mass is 9.93. The van der Waals surface area contributed by atoms with Crippen LogP contribution in [0.25, 0.3) is 22.0 Å². The molecule has 2 atom stereocenters. The molecule has 152 valence electrons. The molecule has 1 fully saturated rings. The van der Waals surface area contributed by atoms with E-state index in [4.69, 9.17) is 0 Å². The Hall–Kier alpha value is -2.87. The maximum atomic E-state index is 12.9. The van der Waals surface area contributed by atoms with Gasteiger partial charge in [-0.3, -0.25) is 0 Å². The van der Waals surface area contributed by atoms with Crippen LogP contribution in [0.2, 0.25) is 0 Å². The van der Waals surface area contributed by atoms with E-state index in [1.807, 2.05) is 12.1 Å². The van der Waals surface area contributed by atoms with E-state index in [-0.39, 0.29) is 17.7 Å². The number of halogens is 3. The maximum Gasteiger partial charge on any atom is 0.416 e. The van der Waals surface area contributed by atoms with Crippen LogP contribution in [0.1, 0.15) is 31.2 Å². The number of phenols is 1. The van der Waals surface area contributed by atoms with E-state index < -0.39 is 17.5 Å². The van der Waals surface area contributed by atoms with E-state index in [0.717, 1.165) is 30.7 Å². The van der Waals surface area contributed by atoms with Gasteiger partial charge >= 0.3 is 6.18 Å². The SMILES string of the molecule is Oc1cc(C(F)(F)F)ccc1-c1nnc(N[C@@H]2CCC[C@@H](O)C2)c2ccccc12. The number of hydrogen-bond acceptors (Lipinski definition) is 5. The molecule has 3 aromatic rings. The number of anilines is 1. The number of aromatic nitrogens is 2. The zero-order valence-electron chi connectivity index (χ0n) is 15.4. The first kappa shape index (κ1) is 19.4. The molecule has 29 heavy (non-hydrogen) atoms. The Balaban J connectivity index is 1.74. The van der Waals surface area contributed by atoms with Gasteiger partial charge in [0, 0.05) is 22.4 Å². The minimum Gasteiger partial charge on any atom is -0.507 e. The van der Waals surface area contributed by atoms with Gasteiger partial charge in [-0.25, -0.2) is 0 Å². The third-order valence-electron chi connectivity index (χ3n) is 5.25. The fraction of sp³-hybridized carbons (Fsp3) is 0.333. The van der Waals surface area contributed by atoms with Gasteiger partial charge in [0.15, 0.2) is 5.82 Å². The number of alkyl halides is 3. The highest BCUT2D eigenvalue weighted by atomic mass is 19.4. The van der Waals surface area contributed by atoms with Gasteiger partial charge in [0.1, 0.15) is 11.4 Å². The molecule has 5 nitrogen and oxygen atoms in total. The number of nitrogens with zero attached hydrogens (tertiary/aromatic N) is 2. The van der Waals surface area contributed by atoms with Gasteiger partial charge in [-0.05, 0) is 43.9 Å². The highest BCUT2D eigenvalue weighted by Gasteiger charge is 2.31. The van der Waals surface area contributed by atoms with Crippen LogP contribution in [-0.4, -0.2) is 32.6 Å². The molecule has 2 aromatic carbocycles. The Morgan fingerprint density at radius 1 is 1.00 bits per heavy atom. The molecule has 1 aromatic heterocycles. The highest BCUT2D eigenvalue weighted by molar-refractivity contribution is 6.00. The van der Waals surface area contributed by atoms with Gasteiger partial charge in [0.25, 0.3) is 0 Å². The third kappa shape index (κ3) is 3.98. The predicted octanol–water partition coefficient (Wildman–Crippen LogP) is 4.74. The van der Waals surface area contributed by atoms with Crippen molar-refractivity contribution in [2.24, 2.45) is 0 Å². The number of rotatable bonds is 3. The average Bonchev–Trinajstić information content (AvgIpc) is 2.68. The Morgan fingerprint density at radius 3 is 2.45 bits per heavy atom. The molecule has 3 N–H and O–H groups in total. The number of phenolic OH excluding ortho intramolecular Hbond substituents is 1. The second kappa shape index (κ2) is 7.51. The van der Waals surface area contributed by atoms with Crippen molar-refractivity contribution in [1.82, 2.24) is 10.2 Å². The Bertz CT molecular complexity index is 1040. The molecule has 1 saturated carbocycles. The second-order valence-corrected chi connectivity index (χ2v) is 7.33. The molecular formula is C21H20F3N3O2. The number of fused-ring (bicyclic) bond motifs is 1. The third-order valence-corrected chi connectivity index (χ3v) is 5.25. The van der Waals surface area contributed by atoms with Gasteiger partial charge in [0.05, 0.1) is 11.7 Å². The first-order valence-electron chi connectivity index (χ1n) is 9.43. The lowest BCUT2D eigenvalue weighted by Gasteiger charge is -2.27. The molecule has 1 aliphatic rings. The van der Waals surface area contributed by atoms with Crippen molar-refractivity contribution in [3.8, 4) is 17.0 Å². The summed E-state index contributed by atoms with van der Waals surface area (Å²) < 4.78 is 38.7. The Morgan fingerprint density at radius 2 is 1.76 bits per heavy atom. The summed E-state index contributed by atoms with van der Waals surface area (Å²) in [7, 11) is 0. The second-order valence-electron chi connectivity index (χ2n) is 7.33. The highest BCUT2D eigenvalue weighted by Crippen LogP contribution is 2.39. The fourth-order valence-corrected chi connectivity index (χ4v) is 3.81. The zero-order chi connectivity index (χ0) is 20.6. The van der Waals surface area contributed by atoms with Crippen LogP contribution in [0.5, 0.6) is 5.75 Å². The normalized spacial score (nSPS) is 20.0. The van der Waals surface area contributed by atoms with Gasteiger partial charge < -0.3 is 15.5 Å². The minimum atomic E-state index is -4.54. The lowest BCUT2D eigenvalue weighted by molar-refractivity contribution is -0.137. The minimum absolute atomic E-state index is 0.0711. The number of aliphatic hydroxyl groups excluding tert-OH is 1. The average molecular weight is 403 g/mol. The van der Waals surface area contributed by atoms with E-state index in [1.54, 1.807) is 12.1 Å². The summed E-state index contributed by atoms with van der Waals surface area (Å²) in [5.41, 5.74) is -0.437. The van der Waals surface area contributed by atoms with E-state index >= 15 is 0 Å². The number of aliphatic hydroxyl groups is 1. The molecule has 4 rings (SSSR count). The predicted molar refractivity (Wildman–Crippen MR) is 104 cm³/mol. The Labute approximate surface area is 165 Å². The van der Waals surface area contributed by atoms with Gasteiger partial charge in [-0.2, -0.15) is 13.2 Å². The lowest BCUT2D eigenvalue weighted by Crippen LogP contribution is -2.30. The molecule has 0 amide bonds. The monoisotopic (exact) mass is 403 g/mol. The van der Waals surface area contributed by atoms with Gasteiger partial charge in [0.2, 0.25) is 0 Å². The largest absolute Gasteiger partial charge is 0.507 e. The van der Waals surface area contributed by atoms with Crippen LogP contribution in [0.15, 0.2) is 42.5 Å². The topological polar surface area (TPSA) is 78.3 Å². The number of aromatic hydroxyl groups is 1. The Kier molecular flexibility index (Phi) is 5.04. The van der Waals surface area contributed by atoms with Crippen LogP contribution < -0.4 is 5.32 Å². The van der Waals surface area contributed by atoms with Crippen molar-refractivity contribution in [2.75, 3.05) is 5.32 Å². The number of benzene rings is 2. The summed E-state index contributed by atoms with van der Waals surface area (Å²) in [5.74, 6) is 0.0465. The van der Waals surface area contributed by atoms with Crippen molar-refractivity contribution in [3.63, 3.8) is 0 Å². The molecule has 1 aliphatic carbocycles. The molecule has 1 heterocycles. The molecule has 0 unspecified atom stereocenters. The van der Waals surface area contributed by atoms with Crippen molar-refractivity contribution < 1.29 is 23.4 Å². The van der Waals surface area contributed by atoms with Crippen LogP contribution in [-0.2, 0) is 6.18 Å². The van der Waals surface area contributed by atoms with Gasteiger partial charge in [-0.15, -0.1) is 10.2 Å². The van der Waals surface area contributed by atoms with Crippen molar-refractivity contribution >= 4 is 16.6 Å². The fourth-order valence-electron chi connectivity index (χ4n) is 3.81. The van der Waals surface area contributed by atoms with Crippen LogP contribution >= 0.6 is 0 Å². The van der Waals surface area contributed by atoms with Crippen LogP contribution in [0, 0.1) is 0 Å². The van der Waals surface area contributed by atoms with Crippen molar-refractivity contribution in [2.45, 2.75) is 44.0 Å². The van der Waals surface area contributed by atoms with E-state index in [2.05, 4.69) is 15.5 Å². The summed E-state index contributed by atoms with van der Waals surface area (Å²) in [6.45, 7) is 0. The molecule has 0 radical (unpaired) electrons. The molecular weight excluding hydrogens is 383 g/mol. The molecule has 0 aliphatic heterocycles. The summed E-state index contributed by atoms with van der Waals surface area (Å²) in [6, 6.07) is 10.2. The first-order valence-corrected chi connectivity index (χ1v) is 9.43. The zero-order valence-corrected chi connectivity index (χ0v) is 15.4. The summed E-state index contributed by atoms with van der Waals surface area (Å²) in [6.07, 6.45) is -1.64. The summed E-state index contributed by atoms with van der Waals surface area (Å²) in [4.78, 5) is 0. The first-order chi connectivity index (χ1) is 13.8. The number of hydrogen-bond donors (Lipinski definition) is 3. The quantitative estimate of drug-likeness (QED) is 0.589. The number of nitrogens with one attached hydrogen (secondary N) is 1. The molecule has 0 bridgehead atoms. The summed E-state index contributed by atoms with van der Waals surface area (Å²) >= 11 is 0. The molecule has 0 spiro atoms. The standard InChI is InChI=1S/C21H20F3N3O2/c22-21(23,24)12-8-9-17(18(29)10-12)19-15-6-1-2-7-16(15)20(27-26-19)25-13-4-3-5-14(28)11-13/h1-2,6-10,13-14,28-29H,3-5,11H2,(H,25,27)/t13-,14-/m1/s1. The molecule has 0 saturated heterocycles. The maximum absolute atomic E-state index is 12.9.